The number of hydrogen-bond acceptors (Lipinski definition) is 4. The highest BCUT2D eigenvalue weighted by Gasteiger charge is 2.51. The molecule has 134 valence electrons. The molecule has 0 unspecified atom stereocenters. The smallest absolute Gasteiger partial charge is 0.255 e. The van der Waals surface area contributed by atoms with Crippen LogP contribution in [0.3, 0.4) is 0 Å². The van der Waals surface area contributed by atoms with Crippen LogP contribution in [0.5, 0.6) is 0 Å². The van der Waals surface area contributed by atoms with Gasteiger partial charge in [-0.25, -0.2) is 4.39 Å². The Morgan fingerprint density at radius 3 is 2.81 bits per heavy atom. The monoisotopic (exact) mass is 354 g/mol. The van der Waals surface area contributed by atoms with Crippen LogP contribution < -0.4 is 0 Å². The van der Waals surface area contributed by atoms with Gasteiger partial charge in [-0.3, -0.25) is 9.59 Å². The largest absolute Gasteiger partial charge is 0.338 e. The van der Waals surface area contributed by atoms with Crippen LogP contribution in [0, 0.1) is 11.2 Å². The standard InChI is InChI=1S/C19H19FN4O2/c20-16-3-1-2-14(10-16)12-23-8-5-19(18(23)26)6-9-24(13-19)17(25)15-4-7-21-22-11-15/h1-4,7,10-11H,5-6,8-9,12-13H2/t19-/m1/s1. The molecule has 1 aromatic carbocycles. The van der Waals surface area contributed by atoms with Gasteiger partial charge < -0.3 is 9.80 Å². The van der Waals surface area contributed by atoms with E-state index in [1.807, 2.05) is 6.07 Å². The molecular weight excluding hydrogens is 335 g/mol. The Kier molecular flexibility index (Phi) is 4.14. The van der Waals surface area contributed by atoms with Crippen molar-refractivity contribution in [3.63, 3.8) is 0 Å². The second-order valence-electron chi connectivity index (χ2n) is 6.99. The molecule has 7 heteroatoms. The Bertz CT molecular complexity index is 844. The molecule has 6 nitrogen and oxygen atoms in total. The number of halogens is 1. The fourth-order valence-corrected chi connectivity index (χ4v) is 3.92. The SMILES string of the molecule is O=C(c1ccnnc1)N1CC[C@]2(CCN(Cc3cccc(F)c3)C2=O)C1. The van der Waals surface area contributed by atoms with Crippen molar-refractivity contribution in [3.8, 4) is 0 Å². The van der Waals surface area contributed by atoms with Crippen molar-refractivity contribution in [1.82, 2.24) is 20.0 Å². The second kappa shape index (κ2) is 6.48. The molecule has 2 saturated heterocycles. The molecule has 2 fully saturated rings. The van der Waals surface area contributed by atoms with E-state index in [4.69, 9.17) is 0 Å². The average Bonchev–Trinajstić information content (AvgIpc) is 3.22. The van der Waals surface area contributed by atoms with Gasteiger partial charge in [0.25, 0.3) is 5.91 Å². The van der Waals surface area contributed by atoms with E-state index in [2.05, 4.69) is 10.2 Å². The van der Waals surface area contributed by atoms with Gasteiger partial charge in [0.1, 0.15) is 5.82 Å². The van der Waals surface area contributed by atoms with Gasteiger partial charge in [0.15, 0.2) is 0 Å². The zero-order valence-corrected chi connectivity index (χ0v) is 14.3. The van der Waals surface area contributed by atoms with Crippen molar-refractivity contribution in [3.05, 3.63) is 59.7 Å². The first-order chi connectivity index (χ1) is 12.6. The minimum Gasteiger partial charge on any atom is -0.338 e. The number of aromatic nitrogens is 2. The van der Waals surface area contributed by atoms with Crippen LogP contribution in [0.25, 0.3) is 0 Å². The molecule has 0 N–H and O–H groups in total. The summed E-state index contributed by atoms with van der Waals surface area (Å²) in [6.45, 7) is 2.02. The number of likely N-dealkylation sites (tertiary alicyclic amines) is 2. The van der Waals surface area contributed by atoms with Crippen LogP contribution in [0.2, 0.25) is 0 Å². The number of nitrogens with zero attached hydrogens (tertiary/aromatic N) is 4. The van der Waals surface area contributed by atoms with E-state index in [0.717, 1.165) is 12.0 Å². The molecule has 2 aliphatic rings. The maximum absolute atomic E-state index is 13.4. The molecular formula is C19H19FN4O2. The first-order valence-corrected chi connectivity index (χ1v) is 8.67. The molecule has 2 aromatic rings. The fourth-order valence-electron chi connectivity index (χ4n) is 3.92. The van der Waals surface area contributed by atoms with Gasteiger partial charge in [-0.05, 0) is 36.6 Å². The highest BCUT2D eigenvalue weighted by molar-refractivity contribution is 5.95. The number of rotatable bonds is 3. The van der Waals surface area contributed by atoms with Gasteiger partial charge in [-0.15, -0.1) is 0 Å². The highest BCUT2D eigenvalue weighted by atomic mass is 19.1. The summed E-state index contributed by atoms with van der Waals surface area (Å²) in [7, 11) is 0. The molecule has 1 spiro atoms. The summed E-state index contributed by atoms with van der Waals surface area (Å²) >= 11 is 0. The zero-order chi connectivity index (χ0) is 18.1. The Labute approximate surface area is 150 Å². The Morgan fingerprint density at radius 1 is 1.19 bits per heavy atom. The van der Waals surface area contributed by atoms with Crippen LogP contribution in [0.1, 0.15) is 28.8 Å². The van der Waals surface area contributed by atoms with E-state index in [1.54, 1.807) is 21.9 Å². The second-order valence-corrected chi connectivity index (χ2v) is 6.99. The van der Waals surface area contributed by atoms with Gasteiger partial charge in [-0.2, -0.15) is 10.2 Å². The molecule has 4 rings (SSSR count). The third-order valence-corrected chi connectivity index (χ3v) is 5.34. The normalized spacial score (nSPS) is 22.4. The Balaban J connectivity index is 1.45. The summed E-state index contributed by atoms with van der Waals surface area (Å²) in [4.78, 5) is 29.1. The zero-order valence-electron chi connectivity index (χ0n) is 14.3. The number of carbonyl (C=O) groups is 2. The van der Waals surface area contributed by atoms with Crippen molar-refractivity contribution in [2.75, 3.05) is 19.6 Å². The summed E-state index contributed by atoms with van der Waals surface area (Å²) in [5.74, 6) is -0.356. The van der Waals surface area contributed by atoms with Crippen molar-refractivity contribution >= 4 is 11.8 Å². The predicted octanol–water partition coefficient (Wildman–Crippen LogP) is 1.88. The average molecular weight is 354 g/mol. The fraction of sp³-hybridized carbons (Fsp3) is 0.368. The van der Waals surface area contributed by atoms with Gasteiger partial charge >= 0.3 is 0 Å². The minimum atomic E-state index is -0.510. The van der Waals surface area contributed by atoms with Crippen LogP contribution >= 0.6 is 0 Å². The summed E-state index contributed by atoms with van der Waals surface area (Å²) in [5.41, 5.74) is 0.756. The van der Waals surface area contributed by atoms with Crippen LogP contribution in [0.15, 0.2) is 42.7 Å². The molecule has 3 heterocycles. The first-order valence-electron chi connectivity index (χ1n) is 8.67. The Hall–Kier alpha value is -2.83. The minimum absolute atomic E-state index is 0.0601. The van der Waals surface area contributed by atoms with Crippen LogP contribution in [-0.4, -0.2) is 51.4 Å². The Morgan fingerprint density at radius 2 is 2.04 bits per heavy atom. The molecule has 2 amide bonds. The lowest BCUT2D eigenvalue weighted by Crippen LogP contribution is -2.38. The van der Waals surface area contributed by atoms with Crippen molar-refractivity contribution in [1.29, 1.82) is 0 Å². The van der Waals surface area contributed by atoms with Gasteiger partial charge in [0.2, 0.25) is 5.91 Å². The first kappa shape index (κ1) is 16.6. The molecule has 0 saturated carbocycles. The molecule has 0 bridgehead atoms. The lowest BCUT2D eigenvalue weighted by molar-refractivity contribution is -0.135. The lowest BCUT2D eigenvalue weighted by atomic mass is 9.85. The van der Waals surface area contributed by atoms with Crippen molar-refractivity contribution < 1.29 is 14.0 Å². The van der Waals surface area contributed by atoms with E-state index < -0.39 is 5.41 Å². The lowest BCUT2D eigenvalue weighted by Gasteiger charge is -2.23. The predicted molar refractivity (Wildman–Crippen MR) is 91.4 cm³/mol. The van der Waals surface area contributed by atoms with Gasteiger partial charge in [0, 0.05) is 26.2 Å². The molecule has 1 atom stereocenters. The highest BCUT2D eigenvalue weighted by Crippen LogP contribution is 2.41. The molecule has 2 aliphatic heterocycles. The van der Waals surface area contributed by atoms with Crippen LogP contribution in [-0.2, 0) is 11.3 Å². The molecule has 1 aromatic heterocycles. The van der Waals surface area contributed by atoms with E-state index in [-0.39, 0.29) is 17.6 Å². The number of hydrogen-bond donors (Lipinski definition) is 0. The summed E-state index contributed by atoms with van der Waals surface area (Å²) < 4.78 is 13.4. The van der Waals surface area contributed by atoms with E-state index in [1.165, 1.54) is 24.5 Å². The summed E-state index contributed by atoms with van der Waals surface area (Å²) in [5, 5.41) is 7.43. The van der Waals surface area contributed by atoms with Crippen LogP contribution in [0.4, 0.5) is 4.39 Å². The summed E-state index contributed by atoms with van der Waals surface area (Å²) in [6.07, 6.45) is 4.32. The van der Waals surface area contributed by atoms with Crippen molar-refractivity contribution in [2.45, 2.75) is 19.4 Å². The third-order valence-electron chi connectivity index (χ3n) is 5.34. The molecule has 26 heavy (non-hydrogen) atoms. The van der Waals surface area contributed by atoms with E-state index in [0.29, 0.717) is 38.2 Å². The topological polar surface area (TPSA) is 66.4 Å². The third kappa shape index (κ3) is 2.94. The maximum atomic E-state index is 13.4. The molecule has 0 radical (unpaired) electrons. The molecule has 0 aliphatic carbocycles. The van der Waals surface area contributed by atoms with Crippen molar-refractivity contribution in [2.24, 2.45) is 5.41 Å². The van der Waals surface area contributed by atoms with E-state index >= 15 is 0 Å². The number of carbonyl (C=O) groups excluding carboxylic acids is 2. The quantitative estimate of drug-likeness (QED) is 0.844. The number of amides is 2. The van der Waals surface area contributed by atoms with E-state index in [9.17, 15) is 14.0 Å². The maximum Gasteiger partial charge on any atom is 0.255 e. The van der Waals surface area contributed by atoms with Gasteiger partial charge in [-0.1, -0.05) is 12.1 Å². The summed E-state index contributed by atoms with van der Waals surface area (Å²) in [6, 6.07) is 7.96. The number of benzene rings is 1. The van der Waals surface area contributed by atoms with Gasteiger partial charge in [0.05, 0.1) is 23.4 Å².